The lowest BCUT2D eigenvalue weighted by Gasteiger charge is -2.11. The normalized spacial score (nSPS) is 10.8. The van der Waals surface area contributed by atoms with Crippen molar-refractivity contribution in [1.29, 1.82) is 0 Å². The highest BCUT2D eigenvalue weighted by atomic mass is 16.5. The number of methoxy groups -OCH3 is 1. The molecule has 5 nitrogen and oxygen atoms in total. The molecule has 0 saturated carbocycles. The molecule has 134 valence electrons. The monoisotopic (exact) mass is 351 g/mol. The molecule has 0 atom stereocenters. The smallest absolute Gasteiger partial charge is 0.340 e. The van der Waals surface area contributed by atoms with Crippen molar-refractivity contribution in [2.75, 3.05) is 13.7 Å². The fourth-order valence-corrected chi connectivity index (χ4v) is 3.12. The number of aromatic nitrogens is 1. The Kier molecular flexibility index (Phi) is 4.80. The molecule has 0 spiro atoms. The number of hydrogen-bond acceptors (Lipinski definition) is 4. The summed E-state index contributed by atoms with van der Waals surface area (Å²) in [5.41, 5.74) is 3.65. The molecule has 1 aromatic heterocycles. The highest BCUT2D eigenvalue weighted by Crippen LogP contribution is 2.27. The average molecular weight is 351 g/mol. The van der Waals surface area contributed by atoms with Crippen LogP contribution in [0.5, 0.6) is 5.75 Å². The highest BCUT2D eigenvalue weighted by Gasteiger charge is 2.23. The van der Waals surface area contributed by atoms with Gasteiger partial charge in [-0.15, -0.1) is 0 Å². The molecule has 26 heavy (non-hydrogen) atoms. The van der Waals surface area contributed by atoms with Crippen LogP contribution in [0.1, 0.15) is 32.0 Å². The minimum Gasteiger partial charge on any atom is -0.483 e. The zero-order chi connectivity index (χ0) is 18.8. The van der Waals surface area contributed by atoms with Gasteiger partial charge in [0.05, 0.1) is 18.2 Å². The van der Waals surface area contributed by atoms with Gasteiger partial charge < -0.3 is 9.47 Å². The summed E-state index contributed by atoms with van der Waals surface area (Å²) in [5, 5.41) is 0.692. The largest absolute Gasteiger partial charge is 0.483 e. The van der Waals surface area contributed by atoms with E-state index in [4.69, 9.17) is 9.47 Å². The molecule has 3 rings (SSSR count). The highest BCUT2D eigenvalue weighted by molar-refractivity contribution is 6.09. The van der Waals surface area contributed by atoms with Crippen molar-refractivity contribution in [3.63, 3.8) is 0 Å². The molecule has 0 aliphatic carbocycles. The van der Waals surface area contributed by atoms with Gasteiger partial charge in [0.15, 0.2) is 6.61 Å². The molecule has 0 aliphatic heterocycles. The van der Waals surface area contributed by atoms with Gasteiger partial charge in [-0.1, -0.05) is 30.3 Å². The molecule has 1 heterocycles. The van der Waals surface area contributed by atoms with Crippen LogP contribution in [-0.2, 0) is 4.74 Å². The molecular formula is C21H21NO4. The van der Waals surface area contributed by atoms with E-state index in [0.29, 0.717) is 27.9 Å². The van der Waals surface area contributed by atoms with Crippen LogP contribution in [0.25, 0.3) is 10.9 Å². The van der Waals surface area contributed by atoms with Gasteiger partial charge in [0, 0.05) is 11.1 Å². The van der Waals surface area contributed by atoms with Gasteiger partial charge in [0.25, 0.3) is 5.91 Å². The standard InChI is InChI=1S/C21H21NO4/c1-13-9-10-14(2)18(11-13)26-12-19(23)22-15(3)20(21(24)25-4)16-7-5-6-8-17(16)22/h5-11H,12H2,1-4H3. The number of benzene rings is 2. The number of para-hydroxylation sites is 1. The minimum absolute atomic E-state index is 0.121. The maximum absolute atomic E-state index is 12.9. The van der Waals surface area contributed by atoms with E-state index in [1.54, 1.807) is 6.92 Å². The number of nitrogens with zero attached hydrogens (tertiary/aromatic N) is 1. The molecule has 0 saturated heterocycles. The SMILES string of the molecule is COC(=O)c1c(C)n(C(=O)COc2cc(C)ccc2C)c2ccccc12. The Balaban J connectivity index is 1.97. The van der Waals surface area contributed by atoms with Crippen molar-refractivity contribution < 1.29 is 19.1 Å². The number of hydrogen-bond donors (Lipinski definition) is 0. The molecule has 3 aromatic rings. The maximum atomic E-state index is 12.9. The number of rotatable bonds is 4. The van der Waals surface area contributed by atoms with Gasteiger partial charge in [-0.3, -0.25) is 9.36 Å². The first-order chi connectivity index (χ1) is 12.4. The van der Waals surface area contributed by atoms with Crippen molar-refractivity contribution in [3.8, 4) is 5.75 Å². The van der Waals surface area contributed by atoms with Gasteiger partial charge in [0.1, 0.15) is 5.75 Å². The van der Waals surface area contributed by atoms with Gasteiger partial charge in [-0.2, -0.15) is 0 Å². The molecular weight excluding hydrogens is 330 g/mol. The van der Waals surface area contributed by atoms with E-state index in [9.17, 15) is 9.59 Å². The van der Waals surface area contributed by atoms with Crippen molar-refractivity contribution in [3.05, 3.63) is 64.8 Å². The van der Waals surface area contributed by atoms with E-state index >= 15 is 0 Å². The maximum Gasteiger partial charge on any atom is 0.340 e. The minimum atomic E-state index is -0.458. The fourth-order valence-electron chi connectivity index (χ4n) is 3.12. The van der Waals surface area contributed by atoms with Gasteiger partial charge in [0.2, 0.25) is 0 Å². The summed E-state index contributed by atoms with van der Waals surface area (Å²) in [7, 11) is 1.33. The van der Waals surface area contributed by atoms with Crippen molar-refractivity contribution in [1.82, 2.24) is 4.57 Å². The van der Waals surface area contributed by atoms with Gasteiger partial charge >= 0.3 is 5.97 Å². The zero-order valence-electron chi connectivity index (χ0n) is 15.3. The van der Waals surface area contributed by atoms with E-state index in [0.717, 1.165) is 11.1 Å². The summed E-state index contributed by atoms with van der Waals surface area (Å²) in [6, 6.07) is 13.1. The van der Waals surface area contributed by atoms with E-state index < -0.39 is 5.97 Å². The summed E-state index contributed by atoms with van der Waals surface area (Å²) < 4.78 is 12.1. The predicted molar refractivity (Wildman–Crippen MR) is 100 cm³/mol. The second kappa shape index (κ2) is 7.04. The number of ether oxygens (including phenoxy) is 2. The Morgan fingerprint density at radius 3 is 2.50 bits per heavy atom. The third-order valence-electron chi connectivity index (χ3n) is 4.45. The van der Waals surface area contributed by atoms with Crippen LogP contribution in [0, 0.1) is 20.8 Å². The number of carbonyl (C=O) groups excluding carboxylic acids is 2. The van der Waals surface area contributed by atoms with Crippen molar-refractivity contribution in [2.24, 2.45) is 0 Å². The molecule has 0 radical (unpaired) electrons. The molecule has 0 bridgehead atoms. The zero-order valence-corrected chi connectivity index (χ0v) is 15.3. The van der Waals surface area contributed by atoms with Crippen molar-refractivity contribution in [2.45, 2.75) is 20.8 Å². The van der Waals surface area contributed by atoms with Crippen LogP contribution >= 0.6 is 0 Å². The summed E-state index contributed by atoms with van der Waals surface area (Å²) >= 11 is 0. The Morgan fingerprint density at radius 1 is 1.04 bits per heavy atom. The van der Waals surface area contributed by atoms with Gasteiger partial charge in [-0.05, 0) is 44.0 Å². The molecule has 0 aliphatic rings. The third kappa shape index (κ3) is 3.08. The summed E-state index contributed by atoms with van der Waals surface area (Å²) in [4.78, 5) is 25.0. The fraction of sp³-hybridized carbons (Fsp3) is 0.238. The van der Waals surface area contributed by atoms with Crippen molar-refractivity contribution >= 4 is 22.8 Å². The van der Waals surface area contributed by atoms with Crippen LogP contribution in [0.3, 0.4) is 0 Å². The van der Waals surface area contributed by atoms with Crippen LogP contribution in [-0.4, -0.2) is 30.2 Å². The van der Waals surface area contributed by atoms with E-state index in [1.165, 1.54) is 11.7 Å². The lowest BCUT2D eigenvalue weighted by molar-refractivity contribution is 0.0602. The second-order valence-electron chi connectivity index (χ2n) is 6.26. The number of esters is 1. The first-order valence-corrected chi connectivity index (χ1v) is 8.35. The Labute approximate surface area is 152 Å². The van der Waals surface area contributed by atoms with E-state index in [-0.39, 0.29) is 12.5 Å². The van der Waals surface area contributed by atoms with Crippen LogP contribution in [0.4, 0.5) is 0 Å². The second-order valence-corrected chi connectivity index (χ2v) is 6.26. The Morgan fingerprint density at radius 2 is 1.77 bits per heavy atom. The third-order valence-corrected chi connectivity index (χ3v) is 4.45. The molecule has 0 unspecified atom stereocenters. The molecule has 2 aromatic carbocycles. The van der Waals surface area contributed by atoms with E-state index in [2.05, 4.69) is 0 Å². The summed E-state index contributed by atoms with van der Waals surface area (Å²) in [5.74, 6) is -0.0175. The van der Waals surface area contributed by atoms with Crippen LogP contribution in [0.15, 0.2) is 42.5 Å². The molecule has 0 fully saturated rings. The number of aryl methyl sites for hydroxylation is 2. The summed E-state index contributed by atoms with van der Waals surface area (Å²) in [6.45, 7) is 5.53. The van der Waals surface area contributed by atoms with E-state index in [1.807, 2.05) is 56.3 Å². The van der Waals surface area contributed by atoms with Crippen LogP contribution in [0.2, 0.25) is 0 Å². The van der Waals surface area contributed by atoms with Gasteiger partial charge in [-0.25, -0.2) is 4.79 Å². The lowest BCUT2D eigenvalue weighted by atomic mass is 10.1. The quantitative estimate of drug-likeness (QED) is 0.665. The number of fused-ring (bicyclic) bond motifs is 1. The topological polar surface area (TPSA) is 57.5 Å². The predicted octanol–water partition coefficient (Wildman–Crippen LogP) is 4.07. The first-order valence-electron chi connectivity index (χ1n) is 8.35. The number of carbonyl (C=O) groups is 2. The van der Waals surface area contributed by atoms with Crippen LogP contribution < -0.4 is 4.74 Å². The molecule has 0 N–H and O–H groups in total. The Bertz CT molecular complexity index is 1000. The molecule has 5 heteroatoms. The molecule has 0 amide bonds. The average Bonchev–Trinajstić information content (AvgIpc) is 2.93. The first kappa shape index (κ1) is 17.7. The summed E-state index contributed by atoms with van der Waals surface area (Å²) in [6.07, 6.45) is 0. The lowest BCUT2D eigenvalue weighted by Crippen LogP contribution is -2.21. The Hall–Kier alpha value is -3.08.